The van der Waals surface area contributed by atoms with Crippen LogP contribution < -0.4 is 24.4 Å². The lowest BCUT2D eigenvalue weighted by molar-refractivity contribution is -0.120. The summed E-state index contributed by atoms with van der Waals surface area (Å²) in [6, 6.07) is 22.4. The summed E-state index contributed by atoms with van der Waals surface area (Å²) in [7, 11) is 3.22. The molecule has 5 rings (SSSR count). The largest absolute Gasteiger partial charge is 0.497 e. The van der Waals surface area contributed by atoms with Crippen LogP contribution in [0.1, 0.15) is 12.8 Å². The van der Waals surface area contributed by atoms with E-state index in [0.29, 0.717) is 29.7 Å². The van der Waals surface area contributed by atoms with Gasteiger partial charge in [0.15, 0.2) is 5.82 Å². The lowest BCUT2D eigenvalue weighted by atomic mass is 9.97. The Hall–Kier alpha value is -4.33. The van der Waals surface area contributed by atoms with Gasteiger partial charge in [0.2, 0.25) is 5.91 Å². The van der Waals surface area contributed by atoms with Crippen LogP contribution >= 0.6 is 0 Å². The topological polar surface area (TPSA) is 85.8 Å². The van der Waals surface area contributed by atoms with Crippen LogP contribution in [0.5, 0.6) is 23.1 Å². The number of methoxy groups -OCH3 is 2. The fraction of sp³-hybridized carbons (Fsp3) is 0.250. The fourth-order valence-electron chi connectivity index (χ4n) is 4.33. The van der Waals surface area contributed by atoms with Gasteiger partial charge in [-0.25, -0.2) is 9.97 Å². The average Bonchev–Trinajstić information content (AvgIpc) is 2.93. The lowest BCUT2D eigenvalue weighted by Gasteiger charge is -2.33. The molecule has 1 N–H and O–H groups in total. The van der Waals surface area contributed by atoms with Gasteiger partial charge in [0.05, 0.1) is 31.2 Å². The number of fused-ring (bicyclic) bond motifs is 1. The zero-order chi connectivity index (χ0) is 24.9. The zero-order valence-electron chi connectivity index (χ0n) is 20.3. The number of benzene rings is 3. The van der Waals surface area contributed by atoms with Gasteiger partial charge in [0.1, 0.15) is 17.2 Å². The molecule has 1 saturated heterocycles. The number of piperidine rings is 1. The standard InChI is InChI=1S/C28H28N4O4/c1-34-21-13-15-23(16-14-21)36-22-11-9-20(10-12-22)29-27(33)19-6-5-17-32(18-19)26-28(35-2)31-25-8-4-3-7-24(25)30-26/h3-4,7-16,19H,5-6,17-18H2,1-2H3,(H,29,33)/t19-/m1/s1. The number of anilines is 2. The van der Waals surface area contributed by atoms with Gasteiger partial charge in [0.25, 0.3) is 5.88 Å². The Morgan fingerprint density at radius 1 is 0.861 bits per heavy atom. The van der Waals surface area contributed by atoms with Gasteiger partial charge in [-0.1, -0.05) is 12.1 Å². The van der Waals surface area contributed by atoms with Crippen molar-refractivity contribution in [3.05, 3.63) is 72.8 Å². The third-order valence-electron chi connectivity index (χ3n) is 6.22. The molecule has 0 saturated carbocycles. The second-order valence-electron chi connectivity index (χ2n) is 8.62. The number of carbonyl (C=O) groups excluding carboxylic acids is 1. The van der Waals surface area contributed by atoms with Crippen LogP contribution in [0.25, 0.3) is 11.0 Å². The molecule has 1 amide bonds. The molecule has 0 aliphatic carbocycles. The van der Waals surface area contributed by atoms with Crippen LogP contribution in [0.2, 0.25) is 0 Å². The first-order valence-electron chi connectivity index (χ1n) is 11.9. The predicted octanol–water partition coefficient (Wildman–Crippen LogP) is 5.29. The highest BCUT2D eigenvalue weighted by Crippen LogP contribution is 2.31. The van der Waals surface area contributed by atoms with Crippen molar-refractivity contribution in [3.63, 3.8) is 0 Å². The number of aromatic nitrogens is 2. The molecule has 8 heteroatoms. The van der Waals surface area contributed by atoms with E-state index in [1.54, 1.807) is 14.2 Å². The predicted molar refractivity (Wildman–Crippen MR) is 139 cm³/mol. The van der Waals surface area contributed by atoms with Gasteiger partial charge in [0, 0.05) is 18.8 Å². The molecular weight excluding hydrogens is 456 g/mol. The Kier molecular flexibility index (Phi) is 6.84. The van der Waals surface area contributed by atoms with Crippen molar-refractivity contribution in [2.24, 2.45) is 5.92 Å². The Balaban J connectivity index is 1.23. The second kappa shape index (κ2) is 10.5. The van der Waals surface area contributed by atoms with E-state index in [1.165, 1.54) is 0 Å². The van der Waals surface area contributed by atoms with Crippen molar-refractivity contribution in [3.8, 4) is 23.1 Å². The molecule has 0 spiro atoms. The molecular formula is C28H28N4O4. The van der Waals surface area contributed by atoms with Gasteiger partial charge in [-0.05, 0) is 73.5 Å². The minimum absolute atomic E-state index is 0.0174. The highest BCUT2D eigenvalue weighted by molar-refractivity contribution is 5.93. The monoisotopic (exact) mass is 484 g/mol. The van der Waals surface area contributed by atoms with Crippen molar-refractivity contribution < 1.29 is 19.0 Å². The molecule has 184 valence electrons. The first-order chi connectivity index (χ1) is 17.6. The minimum Gasteiger partial charge on any atom is -0.497 e. The van der Waals surface area contributed by atoms with Crippen molar-refractivity contribution in [1.82, 2.24) is 9.97 Å². The van der Waals surface area contributed by atoms with E-state index in [0.717, 1.165) is 41.9 Å². The van der Waals surface area contributed by atoms with Crippen molar-refractivity contribution in [1.29, 1.82) is 0 Å². The first-order valence-corrected chi connectivity index (χ1v) is 11.9. The molecule has 0 radical (unpaired) electrons. The molecule has 0 unspecified atom stereocenters. The van der Waals surface area contributed by atoms with E-state index >= 15 is 0 Å². The number of hydrogen-bond donors (Lipinski definition) is 1. The van der Waals surface area contributed by atoms with E-state index in [9.17, 15) is 4.79 Å². The Morgan fingerprint density at radius 3 is 2.17 bits per heavy atom. The van der Waals surface area contributed by atoms with E-state index in [1.807, 2.05) is 72.8 Å². The maximum absolute atomic E-state index is 13.1. The molecule has 1 aliphatic heterocycles. The SMILES string of the molecule is COc1ccc(Oc2ccc(NC(=O)[C@@H]3CCCN(c4nc5ccccc5nc4OC)C3)cc2)cc1. The normalized spacial score (nSPS) is 15.4. The van der Waals surface area contributed by atoms with E-state index in [-0.39, 0.29) is 11.8 Å². The molecule has 8 nitrogen and oxygen atoms in total. The zero-order valence-corrected chi connectivity index (χ0v) is 20.3. The van der Waals surface area contributed by atoms with Gasteiger partial charge < -0.3 is 24.4 Å². The molecule has 36 heavy (non-hydrogen) atoms. The highest BCUT2D eigenvalue weighted by Gasteiger charge is 2.29. The van der Waals surface area contributed by atoms with Crippen molar-refractivity contribution in [2.75, 3.05) is 37.5 Å². The van der Waals surface area contributed by atoms with Gasteiger partial charge >= 0.3 is 0 Å². The number of nitrogens with zero attached hydrogens (tertiary/aromatic N) is 3. The van der Waals surface area contributed by atoms with Crippen LogP contribution in [0.15, 0.2) is 72.8 Å². The molecule has 1 fully saturated rings. The minimum atomic E-state index is -0.174. The number of para-hydroxylation sites is 2. The third-order valence-corrected chi connectivity index (χ3v) is 6.22. The Morgan fingerprint density at radius 2 is 1.50 bits per heavy atom. The molecule has 3 aromatic carbocycles. The molecule has 1 aromatic heterocycles. The first kappa shape index (κ1) is 23.4. The van der Waals surface area contributed by atoms with Gasteiger partial charge in [-0.15, -0.1) is 0 Å². The summed E-state index contributed by atoms with van der Waals surface area (Å²) in [4.78, 5) is 24.6. The van der Waals surface area contributed by atoms with Crippen LogP contribution in [-0.4, -0.2) is 43.2 Å². The van der Waals surface area contributed by atoms with Crippen LogP contribution in [0.4, 0.5) is 11.5 Å². The summed E-state index contributed by atoms with van der Waals surface area (Å²) in [5.74, 6) is 3.12. The van der Waals surface area contributed by atoms with Crippen LogP contribution in [0, 0.1) is 5.92 Å². The highest BCUT2D eigenvalue weighted by atomic mass is 16.5. The molecule has 1 aliphatic rings. The summed E-state index contributed by atoms with van der Waals surface area (Å²) >= 11 is 0. The summed E-state index contributed by atoms with van der Waals surface area (Å²) in [6.45, 7) is 1.35. The number of ether oxygens (including phenoxy) is 3. The quantitative estimate of drug-likeness (QED) is 0.381. The number of hydrogen-bond acceptors (Lipinski definition) is 7. The number of nitrogens with one attached hydrogen (secondary N) is 1. The summed E-state index contributed by atoms with van der Waals surface area (Å²) < 4.78 is 16.6. The Bertz CT molecular complexity index is 1340. The number of amides is 1. The van der Waals surface area contributed by atoms with E-state index in [4.69, 9.17) is 19.2 Å². The van der Waals surface area contributed by atoms with E-state index < -0.39 is 0 Å². The second-order valence-corrected chi connectivity index (χ2v) is 8.62. The van der Waals surface area contributed by atoms with Crippen molar-refractivity contribution >= 4 is 28.4 Å². The van der Waals surface area contributed by atoms with Crippen LogP contribution in [0.3, 0.4) is 0 Å². The average molecular weight is 485 g/mol. The number of carbonyl (C=O) groups is 1. The molecule has 4 aromatic rings. The smallest absolute Gasteiger partial charge is 0.257 e. The van der Waals surface area contributed by atoms with Crippen LogP contribution in [-0.2, 0) is 4.79 Å². The van der Waals surface area contributed by atoms with Crippen molar-refractivity contribution in [2.45, 2.75) is 12.8 Å². The summed E-state index contributed by atoms with van der Waals surface area (Å²) in [5, 5.41) is 3.04. The lowest BCUT2D eigenvalue weighted by Crippen LogP contribution is -2.41. The molecule has 1 atom stereocenters. The summed E-state index contributed by atoms with van der Waals surface area (Å²) in [5.41, 5.74) is 2.31. The summed E-state index contributed by atoms with van der Waals surface area (Å²) in [6.07, 6.45) is 1.69. The molecule has 0 bridgehead atoms. The third kappa shape index (κ3) is 5.17. The van der Waals surface area contributed by atoms with E-state index in [2.05, 4.69) is 15.2 Å². The fourth-order valence-corrected chi connectivity index (χ4v) is 4.33. The van der Waals surface area contributed by atoms with Gasteiger partial charge in [-0.3, -0.25) is 4.79 Å². The number of rotatable bonds is 7. The Labute approximate surface area is 209 Å². The molecule has 2 heterocycles. The maximum Gasteiger partial charge on any atom is 0.257 e. The van der Waals surface area contributed by atoms with Gasteiger partial charge in [-0.2, -0.15) is 0 Å². The maximum atomic E-state index is 13.1.